The Bertz CT molecular complexity index is 384. The molecule has 0 fully saturated rings. The van der Waals surface area contributed by atoms with Crippen LogP contribution in [0.2, 0.25) is 0 Å². The molecule has 0 saturated carbocycles. The van der Waals surface area contributed by atoms with Gasteiger partial charge < -0.3 is 5.11 Å². The van der Waals surface area contributed by atoms with Crippen LogP contribution in [0.1, 0.15) is 63.0 Å². The van der Waals surface area contributed by atoms with E-state index in [9.17, 15) is 18.3 Å². The van der Waals surface area contributed by atoms with Crippen molar-refractivity contribution in [1.82, 2.24) is 0 Å². The van der Waals surface area contributed by atoms with Crippen molar-refractivity contribution in [2.75, 3.05) is 0 Å². The number of aliphatic hydroxyl groups excluding tert-OH is 1. The van der Waals surface area contributed by atoms with Crippen LogP contribution in [0.4, 0.5) is 13.2 Å². The van der Waals surface area contributed by atoms with E-state index in [1.54, 1.807) is 0 Å². The summed E-state index contributed by atoms with van der Waals surface area (Å²) in [6, 6.07) is 5.06. The maximum absolute atomic E-state index is 12.4. The highest BCUT2D eigenvalue weighted by molar-refractivity contribution is 5.25. The number of hydrogen-bond acceptors (Lipinski definition) is 1. The van der Waals surface area contributed by atoms with E-state index in [0.29, 0.717) is 12.8 Å². The Morgan fingerprint density at radius 1 is 0.952 bits per heavy atom. The van der Waals surface area contributed by atoms with Gasteiger partial charge in [0.05, 0.1) is 11.7 Å². The Morgan fingerprint density at radius 3 is 2.10 bits per heavy atom. The number of rotatable bonds is 9. The Morgan fingerprint density at radius 2 is 1.52 bits per heavy atom. The van der Waals surface area contributed by atoms with Gasteiger partial charge in [0.25, 0.3) is 0 Å². The van der Waals surface area contributed by atoms with Gasteiger partial charge in [0.15, 0.2) is 0 Å². The molecule has 1 aromatic carbocycles. The van der Waals surface area contributed by atoms with Gasteiger partial charge in [-0.2, -0.15) is 13.2 Å². The summed E-state index contributed by atoms with van der Waals surface area (Å²) in [6.45, 7) is 2.17. The molecule has 120 valence electrons. The Hall–Kier alpha value is -1.03. The Kier molecular flexibility index (Phi) is 7.79. The summed E-state index contributed by atoms with van der Waals surface area (Å²) in [5.74, 6) is 0. The summed E-state index contributed by atoms with van der Waals surface area (Å²) >= 11 is 0. The van der Waals surface area contributed by atoms with Crippen molar-refractivity contribution in [1.29, 1.82) is 0 Å². The second-order valence-electron chi connectivity index (χ2n) is 5.61. The summed E-state index contributed by atoms with van der Waals surface area (Å²) in [4.78, 5) is 0. The number of alkyl halides is 3. The maximum atomic E-state index is 12.4. The van der Waals surface area contributed by atoms with Gasteiger partial charge in [0, 0.05) is 0 Å². The molecule has 1 aromatic rings. The van der Waals surface area contributed by atoms with E-state index in [0.717, 1.165) is 30.5 Å². The minimum Gasteiger partial charge on any atom is -0.393 e. The number of benzene rings is 1. The number of halogens is 3. The molecule has 21 heavy (non-hydrogen) atoms. The summed E-state index contributed by atoms with van der Waals surface area (Å²) in [6.07, 6.45) is 3.38. The first-order valence-corrected chi connectivity index (χ1v) is 7.77. The van der Waals surface area contributed by atoms with Crippen LogP contribution >= 0.6 is 0 Å². The van der Waals surface area contributed by atoms with Crippen LogP contribution < -0.4 is 0 Å². The molecule has 0 amide bonds. The van der Waals surface area contributed by atoms with Crippen LogP contribution in [0.3, 0.4) is 0 Å². The highest BCUT2D eigenvalue weighted by Crippen LogP contribution is 2.29. The van der Waals surface area contributed by atoms with Gasteiger partial charge >= 0.3 is 6.18 Å². The standard InChI is InChI=1S/C17H25F3O/c1-2-3-4-5-6-7-8-16(21)13-14-9-11-15(12-10-14)17(18,19)20/h9-12,16,21H,2-8,13H2,1H3. The zero-order valence-corrected chi connectivity index (χ0v) is 12.6. The van der Waals surface area contributed by atoms with Crippen molar-refractivity contribution in [2.24, 2.45) is 0 Å². The van der Waals surface area contributed by atoms with E-state index in [1.807, 2.05) is 0 Å². The molecule has 0 bridgehead atoms. The lowest BCUT2D eigenvalue weighted by molar-refractivity contribution is -0.137. The second kappa shape index (κ2) is 9.08. The Labute approximate surface area is 125 Å². The van der Waals surface area contributed by atoms with Crippen LogP contribution in [0.15, 0.2) is 24.3 Å². The van der Waals surface area contributed by atoms with Crippen molar-refractivity contribution in [2.45, 2.75) is 70.6 Å². The van der Waals surface area contributed by atoms with Gasteiger partial charge in [-0.25, -0.2) is 0 Å². The van der Waals surface area contributed by atoms with Crippen molar-refractivity contribution >= 4 is 0 Å². The van der Waals surface area contributed by atoms with Crippen LogP contribution in [-0.4, -0.2) is 11.2 Å². The predicted molar refractivity (Wildman–Crippen MR) is 79.1 cm³/mol. The molecule has 4 heteroatoms. The molecular weight excluding hydrogens is 277 g/mol. The highest BCUT2D eigenvalue weighted by atomic mass is 19.4. The highest BCUT2D eigenvalue weighted by Gasteiger charge is 2.29. The van der Waals surface area contributed by atoms with Gasteiger partial charge in [0.2, 0.25) is 0 Å². The molecule has 0 saturated heterocycles. The number of aliphatic hydroxyl groups is 1. The fourth-order valence-corrected chi connectivity index (χ4v) is 2.36. The molecule has 0 aromatic heterocycles. The second-order valence-corrected chi connectivity index (χ2v) is 5.61. The van der Waals surface area contributed by atoms with Crippen LogP contribution in [0, 0.1) is 0 Å². The van der Waals surface area contributed by atoms with E-state index in [1.165, 1.54) is 37.8 Å². The van der Waals surface area contributed by atoms with E-state index < -0.39 is 17.8 Å². The van der Waals surface area contributed by atoms with Gasteiger partial charge in [-0.05, 0) is 30.5 Å². The van der Waals surface area contributed by atoms with Crippen LogP contribution in [0.25, 0.3) is 0 Å². The summed E-state index contributed by atoms with van der Waals surface area (Å²) < 4.78 is 37.3. The van der Waals surface area contributed by atoms with Crippen LogP contribution in [-0.2, 0) is 12.6 Å². The lowest BCUT2D eigenvalue weighted by Crippen LogP contribution is -2.11. The lowest BCUT2D eigenvalue weighted by Gasteiger charge is -2.12. The molecule has 1 atom stereocenters. The first-order chi connectivity index (χ1) is 9.93. The monoisotopic (exact) mass is 302 g/mol. The fourth-order valence-electron chi connectivity index (χ4n) is 2.36. The van der Waals surface area contributed by atoms with Gasteiger partial charge in [-0.1, -0.05) is 57.6 Å². The first-order valence-electron chi connectivity index (χ1n) is 7.77. The minimum atomic E-state index is -4.30. The van der Waals surface area contributed by atoms with Gasteiger partial charge in [-0.15, -0.1) is 0 Å². The molecule has 0 aliphatic carbocycles. The maximum Gasteiger partial charge on any atom is 0.416 e. The third kappa shape index (κ3) is 7.51. The van der Waals surface area contributed by atoms with Crippen LogP contribution in [0.5, 0.6) is 0 Å². The summed E-state index contributed by atoms with van der Waals surface area (Å²) in [7, 11) is 0. The molecule has 1 N–H and O–H groups in total. The predicted octanol–water partition coefficient (Wildman–Crippen LogP) is 5.36. The normalized spacial score (nSPS) is 13.4. The third-order valence-electron chi connectivity index (χ3n) is 3.64. The van der Waals surface area contributed by atoms with Crippen molar-refractivity contribution < 1.29 is 18.3 Å². The molecule has 1 rings (SSSR count). The minimum absolute atomic E-state index is 0.424. The smallest absolute Gasteiger partial charge is 0.393 e. The summed E-state index contributed by atoms with van der Waals surface area (Å²) in [5, 5.41) is 9.91. The van der Waals surface area contributed by atoms with E-state index in [4.69, 9.17) is 0 Å². The summed E-state index contributed by atoms with van der Waals surface area (Å²) in [5.41, 5.74) is 0.109. The molecule has 1 unspecified atom stereocenters. The number of unbranched alkanes of at least 4 members (excludes halogenated alkanes) is 5. The Balaban J connectivity index is 2.26. The molecule has 0 radical (unpaired) electrons. The first kappa shape index (κ1) is 18.0. The molecular formula is C17H25F3O. The molecule has 0 spiro atoms. The third-order valence-corrected chi connectivity index (χ3v) is 3.64. The molecule has 1 nitrogen and oxygen atoms in total. The zero-order chi connectivity index (χ0) is 15.7. The zero-order valence-electron chi connectivity index (χ0n) is 12.6. The SMILES string of the molecule is CCCCCCCCC(O)Cc1ccc(C(F)(F)F)cc1. The van der Waals surface area contributed by atoms with E-state index in [2.05, 4.69) is 6.92 Å². The molecule has 0 heterocycles. The van der Waals surface area contributed by atoms with E-state index in [-0.39, 0.29) is 0 Å². The van der Waals surface area contributed by atoms with Crippen molar-refractivity contribution in [3.63, 3.8) is 0 Å². The molecule has 0 aliphatic rings. The molecule has 0 aliphatic heterocycles. The van der Waals surface area contributed by atoms with Gasteiger partial charge in [0.1, 0.15) is 0 Å². The lowest BCUT2D eigenvalue weighted by atomic mass is 10.0. The fraction of sp³-hybridized carbons (Fsp3) is 0.647. The van der Waals surface area contributed by atoms with E-state index >= 15 is 0 Å². The average Bonchev–Trinajstić information content (AvgIpc) is 2.42. The van der Waals surface area contributed by atoms with Gasteiger partial charge in [-0.3, -0.25) is 0 Å². The largest absolute Gasteiger partial charge is 0.416 e. The average molecular weight is 302 g/mol. The van der Waals surface area contributed by atoms with Crippen molar-refractivity contribution in [3.8, 4) is 0 Å². The quantitative estimate of drug-likeness (QED) is 0.609. The topological polar surface area (TPSA) is 20.2 Å². The number of hydrogen-bond donors (Lipinski definition) is 1. The van der Waals surface area contributed by atoms with Crippen molar-refractivity contribution in [3.05, 3.63) is 35.4 Å².